The van der Waals surface area contributed by atoms with Gasteiger partial charge in [-0.05, 0) is 56.2 Å². The molecule has 6 nitrogen and oxygen atoms in total. The molecule has 1 atom stereocenters. The minimum absolute atomic E-state index is 0.0935. The van der Waals surface area contributed by atoms with Crippen molar-refractivity contribution in [1.29, 1.82) is 0 Å². The minimum atomic E-state index is -1.07. The zero-order valence-electron chi connectivity index (χ0n) is 21.7. The summed E-state index contributed by atoms with van der Waals surface area (Å²) in [5.41, 5.74) is 1.53. The van der Waals surface area contributed by atoms with Gasteiger partial charge in [-0.2, -0.15) is 0 Å². The molecule has 1 unspecified atom stereocenters. The van der Waals surface area contributed by atoms with Crippen molar-refractivity contribution in [3.63, 3.8) is 0 Å². The Balaban J connectivity index is 1.83. The number of imidazole rings is 1. The summed E-state index contributed by atoms with van der Waals surface area (Å²) in [5, 5.41) is 10.1. The van der Waals surface area contributed by atoms with Crippen molar-refractivity contribution in [3.8, 4) is 17.1 Å². The van der Waals surface area contributed by atoms with E-state index in [1.165, 1.54) is 25.3 Å². The highest BCUT2D eigenvalue weighted by atomic mass is 35.5. The van der Waals surface area contributed by atoms with E-state index < -0.39 is 29.2 Å². The average Bonchev–Trinajstić information content (AvgIpc) is 3.30. The number of aromatic nitrogens is 2. The fraction of sp³-hybridized carbons (Fsp3) is 0.333. The molecule has 204 valence electrons. The van der Waals surface area contributed by atoms with Gasteiger partial charge in [0.25, 0.3) is 0 Å². The molecular formula is C30H29ClF2N2O4. The molecule has 1 fully saturated rings. The van der Waals surface area contributed by atoms with E-state index in [-0.39, 0.29) is 5.56 Å². The first kappa shape index (κ1) is 27.1. The number of aromatic carboxylic acids is 1. The van der Waals surface area contributed by atoms with Crippen LogP contribution in [-0.2, 0) is 10.3 Å². The lowest BCUT2D eigenvalue weighted by Crippen LogP contribution is -2.43. The number of carboxylic acid groups (broad SMARTS) is 1. The molecule has 1 saturated carbocycles. The molecule has 0 radical (unpaired) electrons. The van der Waals surface area contributed by atoms with E-state index in [1.807, 2.05) is 23.6 Å². The standard InChI is InChI=1S/C30H29ClF2N2O4/c1-3-39-27(21-12-9-19(29(36)37)15-26(21)38-2)30(13-5-4-6-14-30)35-25-17-23(33)22(32)16-24(25)34-28(35)18-7-10-20(31)11-8-18/h7-12,15-17,27H,3-6,13-14H2,1-2H3,(H,36,37). The Hall–Kier alpha value is -3.49. The summed E-state index contributed by atoms with van der Waals surface area (Å²) in [7, 11) is 1.49. The van der Waals surface area contributed by atoms with Crippen molar-refractivity contribution in [2.24, 2.45) is 0 Å². The van der Waals surface area contributed by atoms with Gasteiger partial charge in [0.05, 0.1) is 29.2 Å². The summed E-state index contributed by atoms with van der Waals surface area (Å²) in [6.45, 7) is 2.25. The zero-order valence-corrected chi connectivity index (χ0v) is 22.5. The fourth-order valence-electron chi connectivity index (χ4n) is 5.84. The maximum absolute atomic E-state index is 14.8. The van der Waals surface area contributed by atoms with E-state index in [0.717, 1.165) is 30.9 Å². The number of halogens is 3. The van der Waals surface area contributed by atoms with E-state index in [0.29, 0.717) is 52.6 Å². The first-order valence-corrected chi connectivity index (χ1v) is 13.3. The number of fused-ring (bicyclic) bond motifs is 1. The van der Waals surface area contributed by atoms with Crippen LogP contribution in [0.1, 0.15) is 61.1 Å². The van der Waals surface area contributed by atoms with Crippen LogP contribution in [0.5, 0.6) is 5.75 Å². The van der Waals surface area contributed by atoms with Crippen LogP contribution < -0.4 is 4.74 Å². The molecule has 0 bridgehead atoms. The van der Waals surface area contributed by atoms with Crippen LogP contribution in [0.15, 0.2) is 54.6 Å². The molecule has 0 aliphatic heterocycles. The Labute approximate surface area is 230 Å². The second-order valence-corrected chi connectivity index (χ2v) is 10.2. The number of ether oxygens (including phenoxy) is 2. The van der Waals surface area contributed by atoms with Crippen LogP contribution >= 0.6 is 11.6 Å². The predicted octanol–water partition coefficient (Wildman–Crippen LogP) is 7.78. The van der Waals surface area contributed by atoms with Crippen molar-refractivity contribution in [1.82, 2.24) is 9.55 Å². The van der Waals surface area contributed by atoms with E-state index in [4.69, 9.17) is 26.1 Å². The van der Waals surface area contributed by atoms with Crippen molar-refractivity contribution < 1.29 is 28.2 Å². The molecule has 3 aromatic carbocycles. The summed E-state index contributed by atoms with van der Waals surface area (Å²) >= 11 is 6.17. The van der Waals surface area contributed by atoms with Crippen LogP contribution in [0.3, 0.4) is 0 Å². The SMILES string of the molecule is CCOC(c1ccc(C(=O)O)cc1OC)C1(n2c(-c3ccc(Cl)cc3)nc3cc(F)c(F)cc32)CCCCC1. The molecule has 0 saturated heterocycles. The lowest BCUT2D eigenvalue weighted by Gasteiger charge is -2.46. The van der Waals surface area contributed by atoms with Crippen LogP contribution in [-0.4, -0.2) is 34.3 Å². The third-order valence-corrected chi connectivity index (χ3v) is 7.80. The van der Waals surface area contributed by atoms with Gasteiger partial charge < -0.3 is 19.1 Å². The van der Waals surface area contributed by atoms with Crippen LogP contribution in [0.25, 0.3) is 22.4 Å². The molecule has 1 aliphatic rings. The summed E-state index contributed by atoms with van der Waals surface area (Å²) in [6.07, 6.45) is 3.52. The number of hydrogen-bond acceptors (Lipinski definition) is 4. The molecule has 1 N–H and O–H groups in total. The maximum atomic E-state index is 14.8. The molecule has 1 aromatic heterocycles. The second-order valence-electron chi connectivity index (χ2n) is 9.79. The molecule has 1 aliphatic carbocycles. The lowest BCUT2D eigenvalue weighted by molar-refractivity contribution is -0.0482. The van der Waals surface area contributed by atoms with Gasteiger partial charge in [0.2, 0.25) is 0 Å². The number of methoxy groups -OCH3 is 1. The molecule has 5 rings (SSSR count). The van der Waals surface area contributed by atoms with Gasteiger partial charge in [-0.15, -0.1) is 0 Å². The monoisotopic (exact) mass is 554 g/mol. The van der Waals surface area contributed by atoms with Crippen molar-refractivity contribution >= 4 is 28.6 Å². The second kappa shape index (κ2) is 10.9. The maximum Gasteiger partial charge on any atom is 0.335 e. The Morgan fingerprint density at radius 3 is 2.41 bits per heavy atom. The van der Waals surface area contributed by atoms with Crippen LogP contribution in [0.4, 0.5) is 8.78 Å². The smallest absolute Gasteiger partial charge is 0.335 e. The normalized spacial score (nSPS) is 15.8. The Morgan fingerprint density at radius 2 is 1.77 bits per heavy atom. The van der Waals surface area contributed by atoms with Crippen molar-refractivity contribution in [3.05, 3.63) is 82.4 Å². The van der Waals surface area contributed by atoms with E-state index in [2.05, 4.69) is 0 Å². The number of rotatable bonds is 8. The van der Waals surface area contributed by atoms with Crippen molar-refractivity contribution in [2.45, 2.75) is 50.7 Å². The van der Waals surface area contributed by atoms with Crippen LogP contribution in [0, 0.1) is 11.6 Å². The zero-order chi connectivity index (χ0) is 27.7. The average molecular weight is 555 g/mol. The Kier molecular flexibility index (Phi) is 7.60. The van der Waals surface area contributed by atoms with Gasteiger partial charge in [0, 0.05) is 34.9 Å². The van der Waals surface area contributed by atoms with Gasteiger partial charge in [-0.25, -0.2) is 18.6 Å². The summed E-state index contributed by atoms with van der Waals surface area (Å²) in [4.78, 5) is 16.5. The quantitative estimate of drug-likeness (QED) is 0.241. The third kappa shape index (κ3) is 4.87. The first-order valence-electron chi connectivity index (χ1n) is 13.0. The highest BCUT2D eigenvalue weighted by molar-refractivity contribution is 6.30. The highest BCUT2D eigenvalue weighted by Gasteiger charge is 2.46. The lowest BCUT2D eigenvalue weighted by atomic mass is 9.74. The van der Waals surface area contributed by atoms with E-state index in [1.54, 1.807) is 18.2 Å². The number of carbonyl (C=O) groups is 1. The van der Waals surface area contributed by atoms with Crippen molar-refractivity contribution in [2.75, 3.05) is 13.7 Å². The Morgan fingerprint density at radius 1 is 1.08 bits per heavy atom. The van der Waals surface area contributed by atoms with Gasteiger partial charge in [0.15, 0.2) is 11.6 Å². The third-order valence-electron chi connectivity index (χ3n) is 7.55. The number of nitrogens with zero attached hydrogens (tertiary/aromatic N) is 2. The van der Waals surface area contributed by atoms with E-state index in [9.17, 15) is 18.7 Å². The Bertz CT molecular complexity index is 1510. The molecule has 39 heavy (non-hydrogen) atoms. The first-order chi connectivity index (χ1) is 18.8. The number of hydrogen-bond donors (Lipinski definition) is 1. The fourth-order valence-corrected chi connectivity index (χ4v) is 5.97. The molecule has 4 aromatic rings. The van der Waals surface area contributed by atoms with Crippen LogP contribution in [0.2, 0.25) is 5.02 Å². The summed E-state index contributed by atoms with van der Waals surface area (Å²) in [5.74, 6) is -2.08. The molecular weight excluding hydrogens is 526 g/mol. The highest BCUT2D eigenvalue weighted by Crippen LogP contribution is 2.51. The van der Waals surface area contributed by atoms with Gasteiger partial charge in [0.1, 0.15) is 17.7 Å². The molecule has 1 heterocycles. The molecule has 0 amide bonds. The topological polar surface area (TPSA) is 73.6 Å². The minimum Gasteiger partial charge on any atom is -0.496 e. The van der Waals surface area contributed by atoms with Gasteiger partial charge in [-0.1, -0.05) is 36.9 Å². The van der Waals surface area contributed by atoms with Gasteiger partial charge in [-0.3, -0.25) is 0 Å². The van der Waals surface area contributed by atoms with E-state index >= 15 is 0 Å². The number of carboxylic acids is 1. The van der Waals surface area contributed by atoms with Gasteiger partial charge >= 0.3 is 5.97 Å². The summed E-state index contributed by atoms with van der Waals surface area (Å²) < 4.78 is 43.3. The molecule has 9 heteroatoms. The largest absolute Gasteiger partial charge is 0.496 e. The predicted molar refractivity (Wildman–Crippen MR) is 145 cm³/mol. The molecule has 0 spiro atoms. The summed E-state index contributed by atoms with van der Waals surface area (Å²) in [6, 6.07) is 14.2. The number of benzene rings is 3.